The van der Waals surface area contributed by atoms with E-state index in [1.54, 1.807) is 0 Å². The molecule has 0 saturated carbocycles. The molecule has 0 amide bonds. The van der Waals surface area contributed by atoms with Crippen molar-refractivity contribution in [1.29, 1.82) is 0 Å². The lowest BCUT2D eigenvalue weighted by atomic mass is 9.89. The van der Waals surface area contributed by atoms with Crippen LogP contribution in [0.4, 0.5) is 0 Å². The number of aliphatic carboxylic acids is 1. The lowest BCUT2D eigenvalue weighted by molar-refractivity contribution is -0.141. The Morgan fingerprint density at radius 2 is 1.81 bits per heavy atom. The molecule has 3 nitrogen and oxygen atoms in total. The van der Waals surface area contributed by atoms with Crippen molar-refractivity contribution in [3.63, 3.8) is 0 Å². The monoisotopic (exact) mass is 291 g/mol. The molecule has 2 atom stereocenters. The van der Waals surface area contributed by atoms with Gasteiger partial charge in [0.05, 0.1) is 5.92 Å². The van der Waals surface area contributed by atoms with E-state index in [0.717, 1.165) is 19.3 Å². The van der Waals surface area contributed by atoms with Crippen LogP contribution >= 0.6 is 0 Å². The number of nitrogens with two attached hydrogens (primary N) is 1. The second-order valence-electron chi connectivity index (χ2n) is 6.38. The standard InChI is InChI=1S/C18H29NO2/c1-12(10-16(11-19)18(20)21)6-5-7-17-14(3)8-13(2)9-15(17)4/h8-9,12,16H,5-7,10-11,19H2,1-4H3,(H,20,21). The Balaban J connectivity index is 2.48. The maximum Gasteiger partial charge on any atom is 0.307 e. The minimum Gasteiger partial charge on any atom is -0.481 e. The Morgan fingerprint density at radius 1 is 1.24 bits per heavy atom. The van der Waals surface area contributed by atoms with Crippen LogP contribution in [0, 0.1) is 32.6 Å². The molecular formula is C18H29NO2. The van der Waals surface area contributed by atoms with Gasteiger partial charge in [-0.15, -0.1) is 0 Å². The van der Waals surface area contributed by atoms with Gasteiger partial charge in [-0.25, -0.2) is 0 Å². The first-order valence-electron chi connectivity index (χ1n) is 7.84. The highest BCUT2D eigenvalue weighted by Gasteiger charge is 2.18. The maximum atomic E-state index is 11.0. The summed E-state index contributed by atoms with van der Waals surface area (Å²) in [6.45, 7) is 8.84. The molecule has 0 spiro atoms. The minimum absolute atomic E-state index is 0.232. The van der Waals surface area contributed by atoms with E-state index in [-0.39, 0.29) is 6.54 Å². The third-order valence-corrected chi connectivity index (χ3v) is 4.28. The maximum absolute atomic E-state index is 11.0. The molecular weight excluding hydrogens is 262 g/mol. The Labute approximate surface area is 128 Å². The van der Waals surface area contributed by atoms with E-state index >= 15 is 0 Å². The van der Waals surface area contributed by atoms with Crippen molar-refractivity contribution in [2.75, 3.05) is 6.54 Å². The zero-order chi connectivity index (χ0) is 16.0. The molecule has 0 radical (unpaired) electrons. The molecule has 0 saturated heterocycles. The molecule has 0 bridgehead atoms. The Hall–Kier alpha value is -1.35. The van der Waals surface area contributed by atoms with Crippen molar-refractivity contribution >= 4 is 5.97 Å². The molecule has 1 rings (SSSR count). The fraction of sp³-hybridized carbons (Fsp3) is 0.611. The summed E-state index contributed by atoms with van der Waals surface area (Å²) < 4.78 is 0. The summed E-state index contributed by atoms with van der Waals surface area (Å²) in [7, 11) is 0. The first kappa shape index (κ1) is 17.7. The van der Waals surface area contributed by atoms with Gasteiger partial charge in [0.2, 0.25) is 0 Å². The highest BCUT2D eigenvalue weighted by Crippen LogP contribution is 2.22. The molecule has 0 aliphatic rings. The molecule has 3 N–H and O–H groups in total. The number of rotatable bonds is 8. The number of hydrogen-bond donors (Lipinski definition) is 2. The summed E-state index contributed by atoms with van der Waals surface area (Å²) in [6, 6.07) is 4.47. The third kappa shape index (κ3) is 5.50. The van der Waals surface area contributed by atoms with Crippen LogP contribution in [0.15, 0.2) is 12.1 Å². The molecule has 1 aromatic carbocycles. The zero-order valence-corrected chi connectivity index (χ0v) is 13.8. The van der Waals surface area contributed by atoms with Crippen LogP contribution in [0.25, 0.3) is 0 Å². The van der Waals surface area contributed by atoms with Crippen molar-refractivity contribution in [3.8, 4) is 0 Å². The van der Waals surface area contributed by atoms with E-state index in [2.05, 4.69) is 39.8 Å². The van der Waals surface area contributed by atoms with Gasteiger partial charge in [0.25, 0.3) is 0 Å². The van der Waals surface area contributed by atoms with E-state index in [1.165, 1.54) is 22.3 Å². The number of carboxylic acid groups (broad SMARTS) is 1. The summed E-state index contributed by atoms with van der Waals surface area (Å²) in [5.74, 6) is -0.766. The Bertz CT molecular complexity index is 459. The molecule has 0 aliphatic carbocycles. The van der Waals surface area contributed by atoms with Crippen molar-refractivity contribution < 1.29 is 9.90 Å². The van der Waals surface area contributed by atoms with Crippen molar-refractivity contribution in [3.05, 3.63) is 34.4 Å². The molecule has 0 aliphatic heterocycles. The van der Waals surface area contributed by atoms with E-state index in [1.807, 2.05) is 0 Å². The van der Waals surface area contributed by atoms with Crippen LogP contribution in [0.3, 0.4) is 0 Å². The van der Waals surface area contributed by atoms with E-state index < -0.39 is 11.9 Å². The summed E-state index contributed by atoms with van der Waals surface area (Å²) in [6.07, 6.45) is 3.90. The van der Waals surface area contributed by atoms with Crippen LogP contribution in [-0.2, 0) is 11.2 Å². The lowest BCUT2D eigenvalue weighted by Crippen LogP contribution is -2.25. The molecule has 0 aromatic heterocycles. The van der Waals surface area contributed by atoms with Gasteiger partial charge in [-0.3, -0.25) is 4.79 Å². The summed E-state index contributed by atoms with van der Waals surface area (Å²) in [5, 5.41) is 9.04. The number of carbonyl (C=O) groups is 1. The van der Waals surface area contributed by atoms with Crippen LogP contribution < -0.4 is 5.73 Å². The number of carboxylic acids is 1. The minimum atomic E-state index is -0.769. The lowest BCUT2D eigenvalue weighted by Gasteiger charge is -2.17. The quantitative estimate of drug-likeness (QED) is 0.769. The summed E-state index contributed by atoms with van der Waals surface area (Å²) in [4.78, 5) is 11.0. The highest BCUT2D eigenvalue weighted by molar-refractivity contribution is 5.70. The number of aryl methyl sites for hydroxylation is 3. The van der Waals surface area contributed by atoms with Gasteiger partial charge < -0.3 is 10.8 Å². The fourth-order valence-electron chi connectivity index (χ4n) is 3.13. The summed E-state index contributed by atoms with van der Waals surface area (Å²) >= 11 is 0. The molecule has 3 heteroatoms. The highest BCUT2D eigenvalue weighted by atomic mass is 16.4. The average Bonchev–Trinajstić information content (AvgIpc) is 2.38. The first-order valence-corrected chi connectivity index (χ1v) is 7.84. The SMILES string of the molecule is Cc1cc(C)c(CCCC(C)CC(CN)C(=O)O)c(C)c1. The second kappa shape index (κ2) is 8.18. The molecule has 118 valence electrons. The average molecular weight is 291 g/mol. The predicted molar refractivity (Wildman–Crippen MR) is 87.6 cm³/mol. The van der Waals surface area contributed by atoms with Gasteiger partial charge in [0, 0.05) is 6.54 Å². The molecule has 0 fully saturated rings. The number of benzene rings is 1. The van der Waals surface area contributed by atoms with E-state index in [9.17, 15) is 4.79 Å². The van der Waals surface area contributed by atoms with Gasteiger partial charge in [-0.05, 0) is 62.6 Å². The normalized spacial score (nSPS) is 14.0. The van der Waals surface area contributed by atoms with Crippen LogP contribution in [0.1, 0.15) is 48.4 Å². The fourth-order valence-corrected chi connectivity index (χ4v) is 3.13. The van der Waals surface area contributed by atoms with Gasteiger partial charge in [0.1, 0.15) is 0 Å². The van der Waals surface area contributed by atoms with E-state index in [0.29, 0.717) is 12.3 Å². The van der Waals surface area contributed by atoms with Crippen LogP contribution in [0.5, 0.6) is 0 Å². The zero-order valence-electron chi connectivity index (χ0n) is 13.8. The Kier molecular flexibility index (Phi) is 6.90. The first-order chi connectivity index (χ1) is 9.85. The number of hydrogen-bond acceptors (Lipinski definition) is 2. The summed E-state index contributed by atoms with van der Waals surface area (Å²) in [5.41, 5.74) is 11.0. The van der Waals surface area contributed by atoms with Crippen molar-refractivity contribution in [2.45, 2.75) is 53.4 Å². The van der Waals surface area contributed by atoms with Crippen LogP contribution in [0.2, 0.25) is 0 Å². The third-order valence-electron chi connectivity index (χ3n) is 4.28. The van der Waals surface area contributed by atoms with Gasteiger partial charge in [-0.1, -0.05) is 31.0 Å². The molecule has 0 heterocycles. The van der Waals surface area contributed by atoms with Crippen LogP contribution in [-0.4, -0.2) is 17.6 Å². The van der Waals surface area contributed by atoms with Gasteiger partial charge in [-0.2, -0.15) is 0 Å². The molecule has 21 heavy (non-hydrogen) atoms. The largest absolute Gasteiger partial charge is 0.481 e. The smallest absolute Gasteiger partial charge is 0.307 e. The van der Waals surface area contributed by atoms with Crippen molar-refractivity contribution in [2.24, 2.45) is 17.6 Å². The Morgan fingerprint density at radius 3 is 2.29 bits per heavy atom. The topological polar surface area (TPSA) is 63.3 Å². The molecule has 2 unspecified atom stereocenters. The van der Waals surface area contributed by atoms with E-state index in [4.69, 9.17) is 10.8 Å². The molecule has 1 aromatic rings. The second-order valence-corrected chi connectivity index (χ2v) is 6.38. The van der Waals surface area contributed by atoms with Gasteiger partial charge in [0.15, 0.2) is 0 Å². The predicted octanol–water partition coefficient (Wildman–Crippen LogP) is 3.62. The van der Waals surface area contributed by atoms with Crippen molar-refractivity contribution in [1.82, 2.24) is 0 Å². The van der Waals surface area contributed by atoms with Gasteiger partial charge >= 0.3 is 5.97 Å².